The highest BCUT2D eigenvalue weighted by atomic mass is 32.2. The number of rotatable bonds is 5. The van der Waals surface area contributed by atoms with Gasteiger partial charge in [-0.05, 0) is 46.7 Å². The first-order valence-corrected chi connectivity index (χ1v) is 8.20. The highest BCUT2D eigenvalue weighted by molar-refractivity contribution is 8.00. The molecule has 0 spiro atoms. The average molecular weight is 301 g/mol. The summed E-state index contributed by atoms with van der Waals surface area (Å²) in [6, 6.07) is 0. The highest BCUT2D eigenvalue weighted by Crippen LogP contribution is 2.20. The molecule has 0 aliphatic carbocycles. The van der Waals surface area contributed by atoms with E-state index in [-0.39, 0.29) is 23.9 Å². The Balaban J connectivity index is 2.26. The maximum Gasteiger partial charge on any atom is 0.240 e. The molecule has 0 aromatic carbocycles. The van der Waals surface area contributed by atoms with Crippen LogP contribution in [0.25, 0.3) is 0 Å². The Morgan fingerprint density at radius 2 is 1.90 bits per heavy atom. The minimum atomic E-state index is -0.259. The van der Waals surface area contributed by atoms with E-state index in [9.17, 15) is 9.59 Å². The number of nitrogens with one attached hydrogen (secondary N) is 2. The lowest BCUT2D eigenvalue weighted by molar-refractivity contribution is -0.133. The SMILES string of the molecule is CN(CC(=O)NC(C)(C)C)C(=O)CSC1CCNCC1. The summed E-state index contributed by atoms with van der Waals surface area (Å²) in [5.74, 6) is 0.377. The van der Waals surface area contributed by atoms with Crippen LogP contribution in [0, 0.1) is 0 Å². The van der Waals surface area contributed by atoms with Crippen LogP contribution in [0.3, 0.4) is 0 Å². The van der Waals surface area contributed by atoms with Crippen LogP contribution in [0.1, 0.15) is 33.6 Å². The molecular formula is C14H27N3O2S. The predicted octanol–water partition coefficient (Wildman–Crippen LogP) is 0.845. The van der Waals surface area contributed by atoms with Crippen LogP contribution in [-0.2, 0) is 9.59 Å². The summed E-state index contributed by atoms with van der Waals surface area (Å²) in [7, 11) is 1.69. The van der Waals surface area contributed by atoms with Crippen LogP contribution < -0.4 is 10.6 Å². The van der Waals surface area contributed by atoms with Crippen LogP contribution in [-0.4, -0.2) is 59.9 Å². The molecule has 6 heteroatoms. The Hall–Kier alpha value is -0.750. The summed E-state index contributed by atoms with van der Waals surface area (Å²) in [5, 5.41) is 6.74. The molecule has 116 valence electrons. The number of hydrogen-bond acceptors (Lipinski definition) is 4. The predicted molar refractivity (Wildman–Crippen MR) is 83.9 cm³/mol. The van der Waals surface area contributed by atoms with Gasteiger partial charge in [-0.1, -0.05) is 0 Å². The molecular weight excluding hydrogens is 274 g/mol. The van der Waals surface area contributed by atoms with Crippen molar-refractivity contribution in [1.82, 2.24) is 15.5 Å². The van der Waals surface area contributed by atoms with Gasteiger partial charge in [-0.15, -0.1) is 11.8 Å². The fraction of sp³-hybridized carbons (Fsp3) is 0.857. The lowest BCUT2D eigenvalue weighted by Crippen LogP contribution is -2.46. The molecule has 1 rings (SSSR count). The molecule has 0 bridgehead atoms. The number of thioether (sulfide) groups is 1. The minimum Gasteiger partial charge on any atom is -0.350 e. The van der Waals surface area contributed by atoms with Gasteiger partial charge in [0.25, 0.3) is 0 Å². The van der Waals surface area contributed by atoms with E-state index in [1.165, 1.54) is 4.90 Å². The molecule has 1 aliphatic heterocycles. The van der Waals surface area contributed by atoms with Crippen molar-refractivity contribution in [2.45, 2.75) is 44.4 Å². The first-order chi connectivity index (χ1) is 9.28. The van der Waals surface area contributed by atoms with Gasteiger partial charge < -0.3 is 15.5 Å². The van der Waals surface area contributed by atoms with Gasteiger partial charge in [0.05, 0.1) is 12.3 Å². The van der Waals surface area contributed by atoms with E-state index in [1.54, 1.807) is 18.8 Å². The van der Waals surface area contributed by atoms with Gasteiger partial charge in [-0.2, -0.15) is 0 Å². The van der Waals surface area contributed by atoms with Crippen molar-refractivity contribution in [1.29, 1.82) is 0 Å². The number of carbonyl (C=O) groups excluding carboxylic acids is 2. The second-order valence-electron chi connectivity index (χ2n) is 6.31. The first kappa shape index (κ1) is 17.3. The van der Waals surface area contributed by atoms with Crippen molar-refractivity contribution in [2.24, 2.45) is 0 Å². The Kier molecular flexibility index (Phi) is 6.82. The molecule has 0 atom stereocenters. The topological polar surface area (TPSA) is 61.4 Å². The molecule has 0 saturated carbocycles. The van der Waals surface area contributed by atoms with Gasteiger partial charge in [0.2, 0.25) is 11.8 Å². The summed E-state index contributed by atoms with van der Waals surface area (Å²) < 4.78 is 0. The highest BCUT2D eigenvalue weighted by Gasteiger charge is 2.19. The van der Waals surface area contributed by atoms with Crippen molar-refractivity contribution < 1.29 is 9.59 Å². The van der Waals surface area contributed by atoms with E-state index in [1.807, 2.05) is 20.8 Å². The van der Waals surface area contributed by atoms with Crippen molar-refractivity contribution in [2.75, 3.05) is 32.4 Å². The van der Waals surface area contributed by atoms with E-state index < -0.39 is 0 Å². The number of amides is 2. The van der Waals surface area contributed by atoms with Gasteiger partial charge in [0, 0.05) is 17.8 Å². The summed E-state index contributed by atoms with van der Waals surface area (Å²) in [6.07, 6.45) is 2.23. The van der Waals surface area contributed by atoms with E-state index in [0.29, 0.717) is 11.0 Å². The standard InChI is InChI=1S/C14H27N3O2S/c1-14(2,3)16-12(18)9-17(4)13(19)10-20-11-5-7-15-8-6-11/h11,15H,5-10H2,1-4H3,(H,16,18). The largest absolute Gasteiger partial charge is 0.350 e. The third kappa shape index (κ3) is 7.14. The zero-order valence-electron chi connectivity index (χ0n) is 13.0. The smallest absolute Gasteiger partial charge is 0.240 e. The molecule has 2 amide bonds. The summed E-state index contributed by atoms with van der Waals surface area (Å²) in [6.45, 7) is 7.99. The molecule has 5 nitrogen and oxygen atoms in total. The summed E-state index contributed by atoms with van der Waals surface area (Å²) in [4.78, 5) is 25.3. The number of likely N-dealkylation sites (N-methyl/N-ethyl adjacent to an activating group) is 1. The fourth-order valence-corrected chi connectivity index (χ4v) is 3.19. The lowest BCUT2D eigenvalue weighted by Gasteiger charge is -2.25. The normalized spacial score (nSPS) is 16.8. The van der Waals surface area contributed by atoms with E-state index in [0.717, 1.165) is 25.9 Å². The Bertz CT molecular complexity index is 336. The lowest BCUT2D eigenvalue weighted by atomic mass is 10.1. The third-order valence-corrected chi connectivity index (χ3v) is 4.41. The maximum absolute atomic E-state index is 12.0. The van der Waals surface area contributed by atoms with Crippen molar-refractivity contribution in [3.63, 3.8) is 0 Å². The van der Waals surface area contributed by atoms with Crippen LogP contribution in [0.5, 0.6) is 0 Å². The Morgan fingerprint density at radius 1 is 1.30 bits per heavy atom. The Labute approximate surface area is 126 Å². The first-order valence-electron chi connectivity index (χ1n) is 7.15. The monoisotopic (exact) mass is 301 g/mol. The van der Waals surface area contributed by atoms with Gasteiger partial charge in [-0.3, -0.25) is 9.59 Å². The number of piperidine rings is 1. The second-order valence-corrected chi connectivity index (χ2v) is 7.60. The molecule has 0 unspecified atom stereocenters. The van der Waals surface area contributed by atoms with Crippen LogP contribution in [0.4, 0.5) is 0 Å². The molecule has 0 aromatic heterocycles. The quantitative estimate of drug-likeness (QED) is 0.790. The molecule has 1 heterocycles. The summed E-state index contributed by atoms with van der Waals surface area (Å²) in [5.41, 5.74) is -0.259. The van der Waals surface area contributed by atoms with Gasteiger partial charge in [-0.25, -0.2) is 0 Å². The van der Waals surface area contributed by atoms with E-state index in [4.69, 9.17) is 0 Å². The van der Waals surface area contributed by atoms with Crippen LogP contribution >= 0.6 is 11.8 Å². The molecule has 20 heavy (non-hydrogen) atoms. The average Bonchev–Trinajstić information content (AvgIpc) is 2.34. The molecule has 0 aromatic rings. The van der Waals surface area contributed by atoms with Crippen molar-refractivity contribution >= 4 is 23.6 Å². The van der Waals surface area contributed by atoms with Gasteiger partial charge in [0.15, 0.2) is 0 Å². The molecule has 2 N–H and O–H groups in total. The fourth-order valence-electron chi connectivity index (χ4n) is 2.02. The molecule has 1 saturated heterocycles. The zero-order valence-corrected chi connectivity index (χ0v) is 13.8. The van der Waals surface area contributed by atoms with Crippen LogP contribution in [0.15, 0.2) is 0 Å². The van der Waals surface area contributed by atoms with Gasteiger partial charge >= 0.3 is 0 Å². The molecule has 1 aliphatic rings. The van der Waals surface area contributed by atoms with E-state index in [2.05, 4.69) is 10.6 Å². The van der Waals surface area contributed by atoms with Crippen molar-refractivity contribution in [3.8, 4) is 0 Å². The Morgan fingerprint density at radius 3 is 2.45 bits per heavy atom. The van der Waals surface area contributed by atoms with Gasteiger partial charge in [0.1, 0.15) is 0 Å². The maximum atomic E-state index is 12.0. The third-order valence-electron chi connectivity index (χ3n) is 3.05. The van der Waals surface area contributed by atoms with E-state index >= 15 is 0 Å². The van der Waals surface area contributed by atoms with Crippen LogP contribution in [0.2, 0.25) is 0 Å². The number of hydrogen-bond donors (Lipinski definition) is 2. The number of nitrogens with zero attached hydrogens (tertiary/aromatic N) is 1. The molecule has 1 fully saturated rings. The minimum absolute atomic E-state index is 0.0255. The van der Waals surface area contributed by atoms with Crippen molar-refractivity contribution in [3.05, 3.63) is 0 Å². The summed E-state index contributed by atoms with van der Waals surface area (Å²) >= 11 is 1.71. The number of carbonyl (C=O) groups is 2. The second kappa shape index (κ2) is 7.88. The molecule has 0 radical (unpaired) electrons. The zero-order chi connectivity index (χ0) is 15.2.